The van der Waals surface area contributed by atoms with Gasteiger partial charge < -0.3 is 0 Å². The maximum Gasteiger partial charge on any atom is 0.145 e. The van der Waals surface area contributed by atoms with Gasteiger partial charge in [-0.25, -0.2) is 4.39 Å². The Kier molecular flexibility index (Phi) is 3.00. The molecule has 2 rings (SSSR count). The number of hydrogen-bond donors (Lipinski definition) is 0. The van der Waals surface area contributed by atoms with E-state index in [1.165, 1.54) is 0 Å². The van der Waals surface area contributed by atoms with E-state index in [2.05, 4.69) is 15.9 Å². The lowest BCUT2D eigenvalue weighted by Crippen LogP contribution is -1.88. The van der Waals surface area contributed by atoms with Gasteiger partial charge in [-0.05, 0) is 38.5 Å². The lowest BCUT2D eigenvalue weighted by Gasteiger charge is -2.06. The zero-order chi connectivity index (χ0) is 10.3. The molecule has 4 heteroatoms. The molecule has 0 radical (unpaired) electrons. The van der Waals surface area contributed by atoms with Gasteiger partial charge in [-0.2, -0.15) is 0 Å². The maximum atomic E-state index is 13.7. The zero-order valence-electron chi connectivity index (χ0n) is 6.82. The fourth-order valence-electron chi connectivity index (χ4n) is 1.30. The molecule has 2 aromatic carbocycles. The van der Waals surface area contributed by atoms with Crippen LogP contribution in [0.3, 0.4) is 0 Å². The van der Waals surface area contributed by atoms with E-state index in [4.69, 9.17) is 11.6 Å². The van der Waals surface area contributed by atoms with Gasteiger partial charge in [0.25, 0.3) is 0 Å². The predicted molar refractivity (Wildman–Crippen MR) is 69.3 cm³/mol. The molecule has 0 N–H and O–H groups in total. The third kappa shape index (κ3) is 1.55. The molecule has 0 saturated carbocycles. The van der Waals surface area contributed by atoms with E-state index < -0.39 is 0 Å². The van der Waals surface area contributed by atoms with Crippen LogP contribution in [-0.4, -0.2) is 0 Å². The summed E-state index contributed by atoms with van der Waals surface area (Å²) >= 11 is 11.3. The van der Waals surface area contributed by atoms with E-state index in [0.29, 0.717) is 18.5 Å². The van der Waals surface area contributed by atoms with Crippen molar-refractivity contribution >= 4 is 60.9 Å². The Labute approximate surface area is 108 Å². The van der Waals surface area contributed by atoms with Gasteiger partial charge in [0.05, 0.1) is 13.1 Å². The Morgan fingerprint density at radius 2 is 1.79 bits per heavy atom. The zero-order valence-corrected chi connectivity index (χ0v) is 11.3. The molecule has 0 aromatic heterocycles. The van der Waals surface area contributed by atoms with Crippen molar-refractivity contribution in [1.82, 2.24) is 0 Å². The average Bonchev–Trinajstić information content (AvgIpc) is 2.23. The summed E-state index contributed by atoms with van der Waals surface area (Å²) < 4.78 is 14.9. The number of benzene rings is 2. The quantitative estimate of drug-likeness (QED) is 0.340. The van der Waals surface area contributed by atoms with Crippen LogP contribution in [0.4, 0.5) is 4.39 Å². The van der Waals surface area contributed by atoms with Crippen LogP contribution >= 0.6 is 50.1 Å². The standard InChI is InChI=1S/C10H4BrClFI/c11-7-8(12)5-3-1-2-4-6(5)9(13)10(7)14/h1-4H. The minimum absolute atomic E-state index is 0.225. The Hall–Kier alpha value is 0.130. The molecule has 0 aliphatic heterocycles. The number of fused-ring (bicyclic) bond motifs is 1. The number of hydrogen-bond acceptors (Lipinski definition) is 0. The smallest absolute Gasteiger partial charge is 0.145 e. The van der Waals surface area contributed by atoms with Crippen molar-refractivity contribution in [2.45, 2.75) is 0 Å². The molecule has 0 atom stereocenters. The van der Waals surface area contributed by atoms with Gasteiger partial charge in [-0.15, -0.1) is 0 Å². The summed E-state index contributed by atoms with van der Waals surface area (Å²) in [5.41, 5.74) is 0. The van der Waals surface area contributed by atoms with Crippen LogP contribution in [0.1, 0.15) is 0 Å². The lowest BCUT2D eigenvalue weighted by molar-refractivity contribution is 0.631. The molecule has 72 valence electrons. The van der Waals surface area contributed by atoms with E-state index in [1.54, 1.807) is 12.1 Å². The monoisotopic (exact) mass is 384 g/mol. The van der Waals surface area contributed by atoms with E-state index in [1.807, 2.05) is 34.7 Å². The minimum Gasteiger partial charge on any atom is -0.205 e. The molecule has 0 fully saturated rings. The molecule has 0 heterocycles. The van der Waals surface area contributed by atoms with Crippen LogP contribution in [0.5, 0.6) is 0 Å². The molecular formula is C10H4BrClFI. The minimum atomic E-state index is -0.225. The number of halogens is 4. The van der Waals surface area contributed by atoms with Crippen LogP contribution in [0.2, 0.25) is 5.02 Å². The highest BCUT2D eigenvalue weighted by molar-refractivity contribution is 14.1. The molecule has 14 heavy (non-hydrogen) atoms. The van der Waals surface area contributed by atoms with Crippen LogP contribution < -0.4 is 0 Å². The summed E-state index contributed by atoms with van der Waals surface area (Å²) in [6, 6.07) is 7.17. The van der Waals surface area contributed by atoms with Gasteiger partial charge in [0.2, 0.25) is 0 Å². The molecule has 0 spiro atoms. The molecule has 0 bridgehead atoms. The summed E-state index contributed by atoms with van der Waals surface area (Å²) in [6.07, 6.45) is 0. The summed E-state index contributed by atoms with van der Waals surface area (Å²) in [7, 11) is 0. The third-order valence-electron chi connectivity index (χ3n) is 1.98. The number of rotatable bonds is 0. The summed E-state index contributed by atoms with van der Waals surface area (Å²) in [4.78, 5) is 0. The molecule has 0 saturated heterocycles. The first kappa shape index (κ1) is 10.6. The maximum absolute atomic E-state index is 13.7. The molecule has 0 nitrogen and oxygen atoms in total. The lowest BCUT2D eigenvalue weighted by atomic mass is 10.1. The molecule has 0 aliphatic rings. The van der Waals surface area contributed by atoms with Gasteiger partial charge in [0.15, 0.2) is 0 Å². The Balaban J connectivity index is 3.02. The molecule has 2 aromatic rings. The first-order valence-electron chi connectivity index (χ1n) is 3.83. The molecule has 0 unspecified atom stereocenters. The molecule has 0 aliphatic carbocycles. The second-order valence-electron chi connectivity index (χ2n) is 2.80. The van der Waals surface area contributed by atoms with Gasteiger partial charge in [-0.3, -0.25) is 0 Å². The first-order chi connectivity index (χ1) is 6.63. The van der Waals surface area contributed by atoms with Gasteiger partial charge in [-0.1, -0.05) is 35.9 Å². The van der Waals surface area contributed by atoms with Crippen molar-refractivity contribution in [3.63, 3.8) is 0 Å². The van der Waals surface area contributed by atoms with E-state index in [-0.39, 0.29) is 5.82 Å². The molecular weight excluding hydrogens is 381 g/mol. The van der Waals surface area contributed by atoms with Crippen molar-refractivity contribution in [2.24, 2.45) is 0 Å². The van der Waals surface area contributed by atoms with E-state index in [0.717, 1.165) is 5.39 Å². The average molecular weight is 385 g/mol. The third-order valence-corrected chi connectivity index (χ3v) is 5.15. The van der Waals surface area contributed by atoms with Crippen LogP contribution in [-0.2, 0) is 0 Å². The fourth-order valence-corrected chi connectivity index (χ4v) is 2.66. The highest BCUT2D eigenvalue weighted by atomic mass is 127. The van der Waals surface area contributed by atoms with Crippen molar-refractivity contribution in [1.29, 1.82) is 0 Å². The van der Waals surface area contributed by atoms with Crippen molar-refractivity contribution in [2.75, 3.05) is 0 Å². The van der Waals surface area contributed by atoms with E-state index >= 15 is 0 Å². The van der Waals surface area contributed by atoms with Crippen molar-refractivity contribution in [3.8, 4) is 0 Å². The van der Waals surface area contributed by atoms with Crippen molar-refractivity contribution < 1.29 is 4.39 Å². The predicted octanol–water partition coefficient (Wildman–Crippen LogP) is 5.00. The van der Waals surface area contributed by atoms with Gasteiger partial charge in [0, 0.05) is 10.8 Å². The topological polar surface area (TPSA) is 0 Å². The van der Waals surface area contributed by atoms with Gasteiger partial charge in [0.1, 0.15) is 5.82 Å². The summed E-state index contributed by atoms with van der Waals surface area (Å²) in [5.74, 6) is -0.225. The Morgan fingerprint density at radius 1 is 1.21 bits per heavy atom. The highest BCUT2D eigenvalue weighted by Crippen LogP contribution is 2.37. The van der Waals surface area contributed by atoms with Crippen molar-refractivity contribution in [3.05, 3.63) is 43.1 Å². The SMILES string of the molecule is Fc1c(I)c(Br)c(Cl)c2ccccc12. The van der Waals surface area contributed by atoms with Gasteiger partial charge >= 0.3 is 0 Å². The second-order valence-corrected chi connectivity index (χ2v) is 5.05. The second kappa shape index (κ2) is 3.94. The largest absolute Gasteiger partial charge is 0.205 e. The fraction of sp³-hybridized carbons (Fsp3) is 0. The Morgan fingerprint density at radius 3 is 2.43 bits per heavy atom. The van der Waals surface area contributed by atoms with Crippen LogP contribution in [0, 0.1) is 9.39 Å². The highest BCUT2D eigenvalue weighted by Gasteiger charge is 2.14. The summed E-state index contributed by atoms with van der Waals surface area (Å²) in [5, 5.41) is 1.86. The Bertz CT molecular complexity index is 466. The van der Waals surface area contributed by atoms with Crippen LogP contribution in [0.25, 0.3) is 10.8 Å². The molecule has 0 amide bonds. The first-order valence-corrected chi connectivity index (χ1v) is 6.08. The normalized spacial score (nSPS) is 10.9. The van der Waals surface area contributed by atoms with Crippen LogP contribution in [0.15, 0.2) is 28.7 Å². The summed E-state index contributed by atoms with van der Waals surface area (Å²) in [6.45, 7) is 0. The van der Waals surface area contributed by atoms with E-state index in [9.17, 15) is 4.39 Å².